The molecule has 5 atom stereocenters. The lowest BCUT2D eigenvalue weighted by atomic mass is 10.0. The van der Waals surface area contributed by atoms with Crippen LogP contribution in [0.25, 0.3) is 0 Å². The molecule has 4 fully saturated rings. The Bertz CT molecular complexity index is 432. The third-order valence-corrected chi connectivity index (χ3v) is 6.99. The van der Waals surface area contributed by atoms with Crippen LogP contribution in [-0.4, -0.2) is 97.4 Å². The number of nitrogens with one attached hydrogen (secondary N) is 1. The van der Waals surface area contributed by atoms with E-state index in [0.29, 0.717) is 24.2 Å². The Labute approximate surface area is 147 Å². The summed E-state index contributed by atoms with van der Waals surface area (Å²) in [4.78, 5) is 8.20. The third kappa shape index (κ3) is 3.26. The summed E-state index contributed by atoms with van der Waals surface area (Å²) < 4.78 is 5.92. The lowest BCUT2D eigenvalue weighted by molar-refractivity contribution is -0.0625. The highest BCUT2D eigenvalue weighted by Gasteiger charge is 2.42. The quantitative estimate of drug-likeness (QED) is 0.804. The van der Waals surface area contributed by atoms with Gasteiger partial charge < -0.3 is 15.0 Å². The summed E-state index contributed by atoms with van der Waals surface area (Å²) in [5.74, 6) is 0.925. The number of morpholine rings is 1. The van der Waals surface area contributed by atoms with Crippen molar-refractivity contribution >= 4 is 0 Å². The van der Waals surface area contributed by atoms with Crippen molar-refractivity contribution < 1.29 is 4.74 Å². The summed E-state index contributed by atoms with van der Waals surface area (Å²) in [5.41, 5.74) is 0. The van der Waals surface area contributed by atoms with Crippen LogP contribution < -0.4 is 5.32 Å². The van der Waals surface area contributed by atoms with Crippen LogP contribution in [0.2, 0.25) is 0 Å². The van der Waals surface area contributed by atoms with Crippen LogP contribution in [0.15, 0.2) is 0 Å². The smallest absolute Gasteiger partial charge is 0.0867 e. The van der Waals surface area contributed by atoms with Gasteiger partial charge in [-0.1, -0.05) is 0 Å². The van der Waals surface area contributed by atoms with Crippen LogP contribution in [0.1, 0.15) is 33.6 Å². The number of hydrogen-bond acceptors (Lipinski definition) is 5. The lowest BCUT2D eigenvalue weighted by Crippen LogP contribution is -2.54. The SMILES string of the molecule is CC(C)N1CCC2CN(CCC(C)N3CCO[C@@H]4CNC[C@@H]43)CC21. The Morgan fingerprint density at radius 1 is 1.04 bits per heavy atom. The van der Waals surface area contributed by atoms with Gasteiger partial charge in [0.25, 0.3) is 0 Å². The van der Waals surface area contributed by atoms with E-state index in [1.54, 1.807) is 0 Å². The number of rotatable bonds is 5. The molecule has 0 amide bonds. The van der Waals surface area contributed by atoms with E-state index in [-0.39, 0.29) is 0 Å². The van der Waals surface area contributed by atoms with Gasteiger partial charge in [-0.25, -0.2) is 0 Å². The fraction of sp³-hybridized carbons (Fsp3) is 1.00. The van der Waals surface area contributed by atoms with Crippen molar-refractivity contribution in [3.8, 4) is 0 Å². The molecule has 5 heteroatoms. The van der Waals surface area contributed by atoms with E-state index in [0.717, 1.165) is 38.2 Å². The summed E-state index contributed by atoms with van der Waals surface area (Å²) in [6.45, 7) is 16.5. The monoisotopic (exact) mass is 336 g/mol. The van der Waals surface area contributed by atoms with Gasteiger partial charge in [0.15, 0.2) is 0 Å². The highest BCUT2D eigenvalue weighted by molar-refractivity contribution is 4.98. The fourth-order valence-corrected chi connectivity index (χ4v) is 5.60. The molecule has 24 heavy (non-hydrogen) atoms. The van der Waals surface area contributed by atoms with E-state index in [1.807, 2.05) is 0 Å². The zero-order valence-corrected chi connectivity index (χ0v) is 15.8. The van der Waals surface area contributed by atoms with E-state index in [1.165, 1.54) is 39.0 Å². The van der Waals surface area contributed by atoms with E-state index in [2.05, 4.69) is 40.8 Å². The predicted octanol–water partition coefficient (Wildman–Crippen LogP) is 0.852. The summed E-state index contributed by atoms with van der Waals surface area (Å²) >= 11 is 0. The van der Waals surface area contributed by atoms with E-state index in [9.17, 15) is 0 Å². The Morgan fingerprint density at radius 2 is 1.92 bits per heavy atom. The number of ether oxygens (including phenoxy) is 1. The Kier molecular flexibility index (Phi) is 5.17. The number of fused-ring (bicyclic) bond motifs is 2. The molecular formula is C19H36N4O. The maximum atomic E-state index is 5.92. The largest absolute Gasteiger partial charge is 0.374 e. The topological polar surface area (TPSA) is 31.0 Å². The second-order valence-corrected chi connectivity index (χ2v) is 8.72. The molecule has 1 N–H and O–H groups in total. The molecule has 0 aromatic heterocycles. The van der Waals surface area contributed by atoms with Gasteiger partial charge in [-0.3, -0.25) is 9.80 Å². The minimum Gasteiger partial charge on any atom is -0.374 e. The maximum Gasteiger partial charge on any atom is 0.0867 e. The molecule has 0 saturated carbocycles. The minimum absolute atomic E-state index is 0.423. The standard InChI is InChI=1S/C19H36N4O/c1-14(2)22-7-5-16-12-21(13-18(16)22)6-4-15(3)23-8-9-24-19-11-20-10-17(19)23/h14-20H,4-13H2,1-3H3/t15?,16?,17-,18?,19+/m0/s1. The van der Waals surface area contributed by atoms with E-state index >= 15 is 0 Å². The van der Waals surface area contributed by atoms with Gasteiger partial charge in [0.1, 0.15) is 0 Å². The van der Waals surface area contributed by atoms with Crippen molar-refractivity contribution in [3.05, 3.63) is 0 Å². The summed E-state index contributed by atoms with van der Waals surface area (Å²) in [6.07, 6.45) is 3.13. The van der Waals surface area contributed by atoms with Crippen LogP contribution in [-0.2, 0) is 4.74 Å². The van der Waals surface area contributed by atoms with Crippen molar-refractivity contribution in [1.82, 2.24) is 20.0 Å². The first kappa shape index (κ1) is 17.2. The number of nitrogens with zero attached hydrogens (tertiary/aromatic N) is 3. The van der Waals surface area contributed by atoms with Crippen LogP contribution in [0.4, 0.5) is 0 Å². The molecule has 138 valence electrons. The molecule has 4 aliphatic heterocycles. The Hall–Kier alpha value is -0.200. The summed E-state index contributed by atoms with van der Waals surface area (Å²) in [6, 6.07) is 2.80. The first-order valence-corrected chi connectivity index (χ1v) is 10.2. The molecule has 0 aromatic rings. The molecule has 4 saturated heterocycles. The second-order valence-electron chi connectivity index (χ2n) is 8.72. The van der Waals surface area contributed by atoms with Crippen molar-refractivity contribution in [2.45, 2.75) is 63.9 Å². The van der Waals surface area contributed by atoms with Gasteiger partial charge in [0, 0.05) is 56.9 Å². The highest BCUT2D eigenvalue weighted by Crippen LogP contribution is 2.33. The van der Waals surface area contributed by atoms with Crippen molar-refractivity contribution in [3.63, 3.8) is 0 Å². The molecule has 4 rings (SSSR count). The van der Waals surface area contributed by atoms with Crippen LogP contribution in [0.3, 0.4) is 0 Å². The van der Waals surface area contributed by atoms with Crippen LogP contribution in [0, 0.1) is 5.92 Å². The van der Waals surface area contributed by atoms with Crippen molar-refractivity contribution in [2.75, 3.05) is 52.4 Å². The first-order chi connectivity index (χ1) is 11.6. The van der Waals surface area contributed by atoms with Gasteiger partial charge in [0.05, 0.1) is 12.7 Å². The normalized spacial score (nSPS) is 39.5. The number of likely N-dealkylation sites (tertiary alicyclic amines) is 2. The van der Waals surface area contributed by atoms with E-state index in [4.69, 9.17) is 4.74 Å². The molecule has 0 radical (unpaired) electrons. The average molecular weight is 337 g/mol. The highest BCUT2D eigenvalue weighted by atomic mass is 16.5. The van der Waals surface area contributed by atoms with Gasteiger partial charge in [-0.05, 0) is 52.6 Å². The van der Waals surface area contributed by atoms with Crippen molar-refractivity contribution in [1.29, 1.82) is 0 Å². The zero-order chi connectivity index (χ0) is 16.7. The summed E-state index contributed by atoms with van der Waals surface area (Å²) in [7, 11) is 0. The molecule has 4 heterocycles. The molecular weight excluding hydrogens is 300 g/mol. The second kappa shape index (κ2) is 7.20. The van der Waals surface area contributed by atoms with E-state index < -0.39 is 0 Å². The molecule has 0 bridgehead atoms. The van der Waals surface area contributed by atoms with Gasteiger partial charge >= 0.3 is 0 Å². The zero-order valence-electron chi connectivity index (χ0n) is 15.8. The number of hydrogen-bond donors (Lipinski definition) is 1. The van der Waals surface area contributed by atoms with Gasteiger partial charge in [-0.2, -0.15) is 0 Å². The lowest BCUT2D eigenvalue weighted by Gasteiger charge is -2.41. The Morgan fingerprint density at radius 3 is 2.75 bits per heavy atom. The average Bonchev–Trinajstić information content (AvgIpc) is 3.26. The molecule has 0 spiro atoms. The summed E-state index contributed by atoms with van der Waals surface area (Å²) in [5, 5.41) is 3.51. The van der Waals surface area contributed by atoms with Gasteiger partial charge in [-0.15, -0.1) is 0 Å². The van der Waals surface area contributed by atoms with Crippen molar-refractivity contribution in [2.24, 2.45) is 5.92 Å². The molecule has 3 unspecified atom stereocenters. The van der Waals surface area contributed by atoms with Gasteiger partial charge in [0.2, 0.25) is 0 Å². The Balaban J connectivity index is 1.27. The molecule has 5 nitrogen and oxygen atoms in total. The fourth-order valence-electron chi connectivity index (χ4n) is 5.60. The first-order valence-electron chi connectivity index (χ1n) is 10.2. The molecule has 0 aromatic carbocycles. The molecule has 4 aliphatic rings. The minimum atomic E-state index is 0.423. The molecule has 0 aliphatic carbocycles. The van der Waals surface area contributed by atoms with Crippen LogP contribution >= 0.6 is 0 Å². The van der Waals surface area contributed by atoms with Crippen LogP contribution in [0.5, 0.6) is 0 Å². The third-order valence-electron chi connectivity index (χ3n) is 6.99. The predicted molar refractivity (Wildman–Crippen MR) is 97.4 cm³/mol. The maximum absolute atomic E-state index is 5.92.